The second-order valence-electron chi connectivity index (χ2n) is 6.18. The molecule has 3 aromatic heterocycles. The summed E-state index contributed by atoms with van der Waals surface area (Å²) in [5.41, 5.74) is 2.60. The fraction of sp³-hybridized carbons (Fsp3) is 0.389. The van der Waals surface area contributed by atoms with E-state index in [2.05, 4.69) is 41.0 Å². The van der Waals surface area contributed by atoms with E-state index in [0.29, 0.717) is 6.54 Å². The number of nitrogens with zero attached hydrogens (tertiary/aromatic N) is 2. The number of hydrogen-bond acceptors (Lipinski definition) is 3. The molecule has 0 saturated carbocycles. The van der Waals surface area contributed by atoms with E-state index in [0.717, 1.165) is 48.1 Å². The number of aromatic amines is 1. The van der Waals surface area contributed by atoms with E-state index in [1.165, 1.54) is 16.0 Å². The molecule has 0 bridgehead atoms. The van der Waals surface area contributed by atoms with Crippen molar-refractivity contribution in [3.8, 4) is 0 Å². The van der Waals surface area contributed by atoms with Crippen molar-refractivity contribution in [3.05, 3.63) is 56.7 Å². The average Bonchev–Trinajstić information content (AvgIpc) is 3.09. The molecule has 0 saturated heterocycles. The number of H-pyrrole nitrogens is 1. The second-order valence-corrected chi connectivity index (χ2v) is 7.26. The van der Waals surface area contributed by atoms with Crippen LogP contribution in [0.4, 0.5) is 0 Å². The van der Waals surface area contributed by atoms with Gasteiger partial charge >= 0.3 is 0 Å². The lowest BCUT2D eigenvalue weighted by Gasteiger charge is -2.00. The molecule has 4 nitrogen and oxygen atoms in total. The standard InChI is InChI=1S/C18H19N3OS/c1-2-4-12-7-9-21(10-8-12)11-15-19-17(22)16-13-5-3-6-14(13)23-18(16)20-15/h7-10H,2-6,11H2,1H3/p+1. The lowest BCUT2D eigenvalue weighted by atomic mass is 10.1. The Morgan fingerprint density at radius 2 is 2.13 bits per heavy atom. The molecule has 23 heavy (non-hydrogen) atoms. The summed E-state index contributed by atoms with van der Waals surface area (Å²) in [6, 6.07) is 4.28. The normalized spacial score (nSPS) is 13.6. The molecule has 4 rings (SSSR count). The summed E-state index contributed by atoms with van der Waals surface area (Å²) in [5, 5.41) is 0.828. The molecule has 0 radical (unpaired) electrons. The Hall–Kier alpha value is -2.01. The number of pyridine rings is 1. The molecule has 118 valence electrons. The van der Waals surface area contributed by atoms with Gasteiger partial charge in [0.05, 0.1) is 5.39 Å². The van der Waals surface area contributed by atoms with Gasteiger partial charge in [0.1, 0.15) is 4.83 Å². The number of aryl methyl sites for hydroxylation is 3. The molecule has 1 N–H and O–H groups in total. The topological polar surface area (TPSA) is 49.6 Å². The van der Waals surface area contributed by atoms with E-state index >= 15 is 0 Å². The van der Waals surface area contributed by atoms with Crippen molar-refractivity contribution in [3.63, 3.8) is 0 Å². The highest BCUT2D eigenvalue weighted by atomic mass is 32.1. The Morgan fingerprint density at radius 1 is 1.30 bits per heavy atom. The Bertz CT molecular complexity index is 908. The maximum atomic E-state index is 12.5. The number of nitrogens with one attached hydrogen (secondary N) is 1. The SMILES string of the molecule is CCCc1cc[n+](Cc2nc3sc4c(c3c(=O)[nH]2)CCC4)cc1. The van der Waals surface area contributed by atoms with Gasteiger partial charge in [0.15, 0.2) is 18.2 Å². The zero-order valence-corrected chi connectivity index (χ0v) is 14.1. The van der Waals surface area contributed by atoms with Gasteiger partial charge in [-0.25, -0.2) is 4.98 Å². The third kappa shape index (κ3) is 2.70. The molecule has 5 heteroatoms. The molecule has 3 aromatic rings. The number of hydrogen-bond donors (Lipinski definition) is 1. The van der Waals surface area contributed by atoms with Gasteiger partial charge < -0.3 is 4.98 Å². The monoisotopic (exact) mass is 326 g/mol. The quantitative estimate of drug-likeness (QED) is 0.750. The van der Waals surface area contributed by atoms with Gasteiger partial charge in [-0.2, -0.15) is 4.57 Å². The zero-order valence-electron chi connectivity index (χ0n) is 13.3. The van der Waals surface area contributed by atoms with Crippen LogP contribution in [0.1, 0.15) is 41.6 Å². The first-order chi connectivity index (χ1) is 11.2. The number of rotatable bonds is 4. The Kier molecular flexibility index (Phi) is 3.73. The summed E-state index contributed by atoms with van der Waals surface area (Å²) < 4.78 is 2.06. The Morgan fingerprint density at radius 3 is 2.91 bits per heavy atom. The van der Waals surface area contributed by atoms with Crippen LogP contribution in [0.5, 0.6) is 0 Å². The third-order valence-corrected chi connectivity index (χ3v) is 5.64. The fourth-order valence-electron chi connectivity index (χ4n) is 3.34. The van der Waals surface area contributed by atoms with Crippen molar-refractivity contribution in [2.75, 3.05) is 0 Å². The molecule has 3 heterocycles. The highest BCUT2D eigenvalue weighted by molar-refractivity contribution is 7.18. The number of aromatic nitrogens is 3. The number of thiophene rings is 1. The molecule has 0 fully saturated rings. The first-order valence-electron chi connectivity index (χ1n) is 8.26. The van der Waals surface area contributed by atoms with Crippen LogP contribution in [-0.4, -0.2) is 9.97 Å². The molecular formula is C18H20N3OS+. The van der Waals surface area contributed by atoms with Crippen molar-refractivity contribution in [1.29, 1.82) is 0 Å². The summed E-state index contributed by atoms with van der Waals surface area (Å²) in [5.74, 6) is 0.732. The van der Waals surface area contributed by atoms with Gasteiger partial charge in [0, 0.05) is 17.0 Å². The van der Waals surface area contributed by atoms with E-state index < -0.39 is 0 Å². The van der Waals surface area contributed by atoms with E-state index in [-0.39, 0.29) is 5.56 Å². The van der Waals surface area contributed by atoms with E-state index in [9.17, 15) is 4.79 Å². The van der Waals surface area contributed by atoms with Crippen LogP contribution in [-0.2, 0) is 25.8 Å². The smallest absolute Gasteiger partial charge is 0.260 e. The van der Waals surface area contributed by atoms with Crippen LogP contribution in [0, 0.1) is 0 Å². The molecule has 0 atom stereocenters. The Labute approximate surface area is 138 Å². The lowest BCUT2D eigenvalue weighted by Crippen LogP contribution is -2.35. The van der Waals surface area contributed by atoms with Gasteiger partial charge in [0.2, 0.25) is 6.54 Å². The van der Waals surface area contributed by atoms with E-state index in [1.807, 2.05) is 0 Å². The largest absolute Gasteiger partial charge is 0.305 e. The van der Waals surface area contributed by atoms with Crippen LogP contribution in [0.3, 0.4) is 0 Å². The Balaban J connectivity index is 1.65. The second kappa shape index (κ2) is 5.89. The number of fused-ring (bicyclic) bond motifs is 3. The molecule has 1 aliphatic rings. The van der Waals surface area contributed by atoms with E-state index in [1.54, 1.807) is 11.3 Å². The van der Waals surface area contributed by atoms with Crippen molar-refractivity contribution in [2.45, 2.75) is 45.6 Å². The van der Waals surface area contributed by atoms with Crippen molar-refractivity contribution < 1.29 is 4.57 Å². The van der Waals surface area contributed by atoms with E-state index in [4.69, 9.17) is 4.98 Å². The van der Waals surface area contributed by atoms with Gasteiger partial charge in [-0.1, -0.05) is 13.3 Å². The summed E-state index contributed by atoms with van der Waals surface area (Å²) in [6.07, 6.45) is 9.65. The third-order valence-electron chi connectivity index (χ3n) is 4.46. The van der Waals surface area contributed by atoms with Crippen molar-refractivity contribution in [2.24, 2.45) is 0 Å². The minimum atomic E-state index is 0.0209. The minimum Gasteiger partial charge on any atom is -0.305 e. The molecule has 0 aromatic carbocycles. The molecule has 0 aliphatic heterocycles. The van der Waals surface area contributed by atoms with Crippen molar-refractivity contribution >= 4 is 21.6 Å². The summed E-state index contributed by atoms with van der Waals surface area (Å²) >= 11 is 1.69. The predicted molar refractivity (Wildman–Crippen MR) is 92.0 cm³/mol. The fourth-order valence-corrected chi connectivity index (χ4v) is 4.62. The molecule has 0 amide bonds. The van der Waals surface area contributed by atoms with Crippen LogP contribution < -0.4 is 10.1 Å². The predicted octanol–water partition coefficient (Wildman–Crippen LogP) is 2.76. The molecule has 0 unspecified atom stereocenters. The summed E-state index contributed by atoms with van der Waals surface area (Å²) in [6.45, 7) is 2.78. The molecule has 0 spiro atoms. The van der Waals surface area contributed by atoms with Crippen LogP contribution in [0.25, 0.3) is 10.2 Å². The van der Waals surface area contributed by atoms with Crippen LogP contribution >= 0.6 is 11.3 Å². The highest BCUT2D eigenvalue weighted by Gasteiger charge is 2.21. The van der Waals surface area contributed by atoms with Crippen LogP contribution in [0.15, 0.2) is 29.3 Å². The van der Waals surface area contributed by atoms with Gasteiger partial charge in [-0.05, 0) is 36.8 Å². The first-order valence-corrected chi connectivity index (χ1v) is 9.07. The molecule has 1 aliphatic carbocycles. The first kappa shape index (κ1) is 14.6. The van der Waals surface area contributed by atoms with Crippen molar-refractivity contribution in [1.82, 2.24) is 9.97 Å². The average molecular weight is 326 g/mol. The van der Waals surface area contributed by atoms with Crippen LogP contribution in [0.2, 0.25) is 0 Å². The molecular weight excluding hydrogens is 306 g/mol. The minimum absolute atomic E-state index is 0.0209. The lowest BCUT2D eigenvalue weighted by molar-refractivity contribution is -0.689. The maximum absolute atomic E-state index is 12.5. The van der Waals surface area contributed by atoms with Gasteiger partial charge in [0.25, 0.3) is 5.56 Å². The summed E-state index contributed by atoms with van der Waals surface area (Å²) in [4.78, 5) is 22.4. The highest BCUT2D eigenvalue weighted by Crippen LogP contribution is 2.34. The summed E-state index contributed by atoms with van der Waals surface area (Å²) in [7, 11) is 0. The van der Waals surface area contributed by atoms with Gasteiger partial charge in [-0.15, -0.1) is 11.3 Å². The zero-order chi connectivity index (χ0) is 15.8. The van der Waals surface area contributed by atoms with Gasteiger partial charge in [-0.3, -0.25) is 4.79 Å². The maximum Gasteiger partial charge on any atom is 0.260 e.